The van der Waals surface area contributed by atoms with Crippen molar-refractivity contribution in [2.75, 3.05) is 38.2 Å². The Hall–Kier alpha value is -1.14. The van der Waals surface area contributed by atoms with Gasteiger partial charge < -0.3 is 15.0 Å². The first-order valence-electron chi connectivity index (χ1n) is 5.71. The number of rotatable bonds is 3. The van der Waals surface area contributed by atoms with Crippen LogP contribution in [0, 0.1) is 5.82 Å². The summed E-state index contributed by atoms with van der Waals surface area (Å²) in [7, 11) is 0. The number of amides is 1. The number of hydrogen-bond acceptors (Lipinski definition) is 3. The second kappa shape index (κ2) is 6.15. The summed E-state index contributed by atoms with van der Waals surface area (Å²) < 4.78 is 18.7. The Bertz CT molecular complexity index is 436. The Morgan fingerprint density at radius 1 is 1.44 bits per heavy atom. The molecule has 1 aliphatic heterocycles. The average molecular weight is 317 g/mol. The van der Waals surface area contributed by atoms with E-state index >= 15 is 0 Å². The van der Waals surface area contributed by atoms with Crippen LogP contribution < -0.4 is 5.32 Å². The molecule has 0 aliphatic carbocycles. The summed E-state index contributed by atoms with van der Waals surface area (Å²) >= 11 is 3.25. The molecule has 0 spiro atoms. The smallest absolute Gasteiger partial charge is 0.242 e. The molecule has 0 bridgehead atoms. The van der Waals surface area contributed by atoms with Crippen molar-refractivity contribution >= 4 is 27.5 Å². The van der Waals surface area contributed by atoms with E-state index in [2.05, 4.69) is 21.2 Å². The molecule has 1 aliphatic rings. The molecule has 0 aromatic heterocycles. The number of ether oxygens (including phenoxy) is 1. The fourth-order valence-electron chi connectivity index (χ4n) is 1.73. The first-order valence-corrected chi connectivity index (χ1v) is 6.50. The molecule has 1 N–H and O–H groups in total. The lowest BCUT2D eigenvalue weighted by Crippen LogP contribution is -2.43. The van der Waals surface area contributed by atoms with Gasteiger partial charge in [0.25, 0.3) is 0 Å². The molecule has 6 heteroatoms. The molecule has 4 nitrogen and oxygen atoms in total. The Morgan fingerprint density at radius 3 is 2.83 bits per heavy atom. The average Bonchev–Trinajstić information content (AvgIpc) is 2.38. The van der Waals surface area contributed by atoms with E-state index in [0.29, 0.717) is 36.5 Å². The number of hydrogen-bond donors (Lipinski definition) is 1. The van der Waals surface area contributed by atoms with Gasteiger partial charge in [-0.3, -0.25) is 4.79 Å². The van der Waals surface area contributed by atoms with E-state index in [0.717, 1.165) is 0 Å². The highest BCUT2D eigenvalue weighted by Gasteiger charge is 2.16. The van der Waals surface area contributed by atoms with Crippen molar-refractivity contribution in [2.24, 2.45) is 0 Å². The third kappa shape index (κ3) is 3.43. The summed E-state index contributed by atoms with van der Waals surface area (Å²) in [5.41, 5.74) is 0.706. The quantitative estimate of drug-likeness (QED) is 0.925. The van der Waals surface area contributed by atoms with Crippen LogP contribution in [0.4, 0.5) is 10.1 Å². The minimum absolute atomic E-state index is 0.0227. The molecule has 18 heavy (non-hydrogen) atoms. The van der Waals surface area contributed by atoms with Crippen LogP contribution in [-0.4, -0.2) is 43.7 Å². The number of carbonyl (C=O) groups excluding carboxylic acids is 1. The minimum Gasteiger partial charge on any atom is -0.378 e. The van der Waals surface area contributed by atoms with Gasteiger partial charge >= 0.3 is 0 Å². The van der Waals surface area contributed by atoms with Crippen molar-refractivity contribution in [3.63, 3.8) is 0 Å². The molecular weight excluding hydrogens is 303 g/mol. The number of benzene rings is 1. The van der Waals surface area contributed by atoms with E-state index in [4.69, 9.17) is 4.74 Å². The number of morpholine rings is 1. The van der Waals surface area contributed by atoms with Crippen molar-refractivity contribution < 1.29 is 13.9 Å². The fourth-order valence-corrected chi connectivity index (χ4v) is 2.22. The molecule has 0 saturated carbocycles. The summed E-state index contributed by atoms with van der Waals surface area (Å²) in [6.45, 7) is 2.64. The van der Waals surface area contributed by atoms with E-state index in [1.807, 2.05) is 0 Å². The monoisotopic (exact) mass is 316 g/mol. The topological polar surface area (TPSA) is 41.6 Å². The van der Waals surface area contributed by atoms with Gasteiger partial charge in [0.05, 0.1) is 19.8 Å². The third-order valence-electron chi connectivity index (χ3n) is 2.72. The van der Waals surface area contributed by atoms with Gasteiger partial charge in [-0.15, -0.1) is 0 Å². The molecule has 1 heterocycles. The van der Waals surface area contributed by atoms with Crippen molar-refractivity contribution in [1.29, 1.82) is 0 Å². The molecular formula is C12H14BrFN2O2. The van der Waals surface area contributed by atoms with Crippen LogP contribution in [0.25, 0.3) is 0 Å². The Labute approximate surface area is 113 Å². The molecule has 1 fully saturated rings. The van der Waals surface area contributed by atoms with E-state index in [-0.39, 0.29) is 18.3 Å². The molecule has 1 saturated heterocycles. The van der Waals surface area contributed by atoms with Crippen LogP contribution in [-0.2, 0) is 9.53 Å². The second-order valence-corrected chi connectivity index (χ2v) is 4.83. The molecule has 1 amide bonds. The second-order valence-electron chi connectivity index (χ2n) is 3.97. The van der Waals surface area contributed by atoms with Gasteiger partial charge in [0, 0.05) is 23.2 Å². The zero-order valence-corrected chi connectivity index (χ0v) is 11.4. The van der Waals surface area contributed by atoms with Crippen LogP contribution in [0.15, 0.2) is 22.7 Å². The standard InChI is InChI=1S/C12H14BrFN2O2/c13-10-7-9(14)1-2-11(10)15-8-12(17)16-3-5-18-6-4-16/h1-2,7,15H,3-6,8H2. The summed E-state index contributed by atoms with van der Waals surface area (Å²) in [6, 6.07) is 4.32. The summed E-state index contributed by atoms with van der Waals surface area (Å²) in [5, 5.41) is 2.99. The Morgan fingerprint density at radius 2 is 2.17 bits per heavy atom. The van der Waals surface area contributed by atoms with E-state index in [1.54, 1.807) is 11.0 Å². The Balaban J connectivity index is 1.88. The minimum atomic E-state index is -0.313. The molecule has 98 valence electrons. The predicted molar refractivity (Wildman–Crippen MR) is 70.0 cm³/mol. The van der Waals surface area contributed by atoms with Gasteiger partial charge in [-0.2, -0.15) is 0 Å². The molecule has 1 aromatic rings. The maximum absolute atomic E-state index is 12.9. The van der Waals surface area contributed by atoms with Crippen molar-refractivity contribution in [3.05, 3.63) is 28.5 Å². The molecule has 1 aromatic carbocycles. The predicted octanol–water partition coefficient (Wildman–Crippen LogP) is 1.86. The van der Waals surface area contributed by atoms with Crippen molar-refractivity contribution in [3.8, 4) is 0 Å². The van der Waals surface area contributed by atoms with Gasteiger partial charge in [-0.1, -0.05) is 0 Å². The largest absolute Gasteiger partial charge is 0.378 e. The van der Waals surface area contributed by atoms with Gasteiger partial charge in [-0.25, -0.2) is 4.39 Å². The van der Waals surface area contributed by atoms with Crippen molar-refractivity contribution in [2.45, 2.75) is 0 Å². The maximum Gasteiger partial charge on any atom is 0.242 e. The number of anilines is 1. The number of nitrogens with one attached hydrogen (secondary N) is 1. The maximum atomic E-state index is 12.9. The highest BCUT2D eigenvalue weighted by molar-refractivity contribution is 9.10. The van der Waals surface area contributed by atoms with E-state index in [9.17, 15) is 9.18 Å². The van der Waals surface area contributed by atoms with Crippen LogP contribution in [0.2, 0.25) is 0 Å². The first kappa shape index (κ1) is 13.3. The molecule has 0 atom stereocenters. The summed E-state index contributed by atoms with van der Waals surface area (Å²) in [5.74, 6) is -0.290. The molecule has 2 rings (SSSR count). The van der Waals surface area contributed by atoms with Crippen LogP contribution in [0.1, 0.15) is 0 Å². The normalized spacial score (nSPS) is 15.6. The van der Waals surface area contributed by atoms with Gasteiger partial charge in [0.1, 0.15) is 5.82 Å². The van der Waals surface area contributed by atoms with Crippen LogP contribution in [0.5, 0.6) is 0 Å². The number of nitrogens with zero attached hydrogens (tertiary/aromatic N) is 1. The zero-order chi connectivity index (χ0) is 13.0. The lowest BCUT2D eigenvalue weighted by molar-refractivity contribution is -0.133. The molecule has 0 unspecified atom stereocenters. The summed E-state index contributed by atoms with van der Waals surface area (Å²) in [4.78, 5) is 13.6. The highest BCUT2D eigenvalue weighted by Crippen LogP contribution is 2.22. The van der Waals surface area contributed by atoms with Crippen molar-refractivity contribution in [1.82, 2.24) is 4.90 Å². The number of halogens is 2. The summed E-state index contributed by atoms with van der Waals surface area (Å²) in [6.07, 6.45) is 0. The van der Waals surface area contributed by atoms with Crippen LogP contribution in [0.3, 0.4) is 0 Å². The van der Waals surface area contributed by atoms with Crippen LogP contribution >= 0.6 is 15.9 Å². The van der Waals surface area contributed by atoms with E-state index in [1.165, 1.54) is 12.1 Å². The van der Waals surface area contributed by atoms with Gasteiger partial charge in [0.2, 0.25) is 5.91 Å². The van der Waals surface area contributed by atoms with E-state index < -0.39 is 0 Å². The lowest BCUT2D eigenvalue weighted by atomic mass is 10.3. The lowest BCUT2D eigenvalue weighted by Gasteiger charge is -2.27. The molecule has 0 radical (unpaired) electrons. The van der Waals surface area contributed by atoms with Gasteiger partial charge in [0.15, 0.2) is 0 Å². The fraction of sp³-hybridized carbons (Fsp3) is 0.417. The van der Waals surface area contributed by atoms with Gasteiger partial charge in [-0.05, 0) is 34.1 Å². The SMILES string of the molecule is O=C(CNc1ccc(F)cc1Br)N1CCOCC1. The third-order valence-corrected chi connectivity index (χ3v) is 3.38. The highest BCUT2D eigenvalue weighted by atomic mass is 79.9. The first-order chi connectivity index (χ1) is 8.66. The Kier molecular flexibility index (Phi) is 4.54. The zero-order valence-electron chi connectivity index (χ0n) is 9.79. The number of carbonyl (C=O) groups is 1.